The number of halogens is 3. The van der Waals surface area contributed by atoms with Gasteiger partial charge in [-0.2, -0.15) is 18.3 Å². The highest BCUT2D eigenvalue weighted by atomic mass is 32.2. The highest BCUT2D eigenvalue weighted by Gasteiger charge is 2.45. The first-order valence-electron chi connectivity index (χ1n) is 9.35. The summed E-state index contributed by atoms with van der Waals surface area (Å²) in [7, 11) is 1.55. The molecule has 0 amide bonds. The fourth-order valence-electron chi connectivity index (χ4n) is 4.14. The topological polar surface area (TPSA) is 42.8 Å². The number of aryl methyl sites for hydroxylation is 1. The Labute approximate surface area is 161 Å². The third-order valence-corrected chi connectivity index (χ3v) is 6.93. The van der Waals surface area contributed by atoms with E-state index in [4.69, 9.17) is 9.47 Å². The van der Waals surface area contributed by atoms with Gasteiger partial charge in [0.1, 0.15) is 5.03 Å². The molecule has 27 heavy (non-hydrogen) atoms. The largest absolute Gasteiger partial charge is 0.435 e. The lowest BCUT2D eigenvalue weighted by atomic mass is 9.88. The Morgan fingerprint density at radius 1 is 1.19 bits per heavy atom. The molecule has 0 aromatic carbocycles. The maximum absolute atomic E-state index is 12.8. The van der Waals surface area contributed by atoms with Crippen molar-refractivity contribution >= 4 is 11.9 Å². The van der Waals surface area contributed by atoms with Gasteiger partial charge in [-0.05, 0) is 31.2 Å². The van der Waals surface area contributed by atoms with Gasteiger partial charge in [-0.1, -0.05) is 0 Å². The zero-order valence-electron chi connectivity index (χ0n) is 15.4. The summed E-state index contributed by atoms with van der Waals surface area (Å²) in [4.78, 5) is 2.47. The van der Waals surface area contributed by atoms with E-state index in [1.165, 1.54) is 16.6 Å². The first-order valence-corrected chi connectivity index (χ1v) is 10.1. The number of rotatable bonds is 3. The van der Waals surface area contributed by atoms with Crippen molar-refractivity contribution in [1.29, 1.82) is 0 Å². The molecule has 0 saturated carbocycles. The lowest BCUT2D eigenvalue weighted by molar-refractivity contribution is -0.141. The summed E-state index contributed by atoms with van der Waals surface area (Å²) in [6.45, 7) is 5.88. The molecule has 3 saturated heterocycles. The van der Waals surface area contributed by atoms with Crippen LogP contribution >= 0.6 is 11.9 Å². The fraction of sp³-hybridized carbons (Fsp3) is 0.824. The Kier molecular flexibility index (Phi) is 5.45. The van der Waals surface area contributed by atoms with Gasteiger partial charge in [-0.25, -0.2) is 4.31 Å². The number of ether oxygens (including phenoxy) is 2. The molecule has 1 unspecified atom stereocenters. The molecule has 152 valence electrons. The van der Waals surface area contributed by atoms with Crippen LogP contribution in [0.1, 0.15) is 25.0 Å². The maximum Gasteiger partial charge on any atom is 0.435 e. The number of nitrogens with zero attached hydrogens (tertiary/aromatic N) is 4. The molecule has 10 heteroatoms. The number of morpholine rings is 1. The van der Waals surface area contributed by atoms with E-state index in [2.05, 4.69) is 14.3 Å². The summed E-state index contributed by atoms with van der Waals surface area (Å²) in [6.07, 6.45) is -1.56. The van der Waals surface area contributed by atoms with E-state index >= 15 is 0 Å². The zero-order chi connectivity index (χ0) is 19.1. The van der Waals surface area contributed by atoms with Crippen LogP contribution in [0.25, 0.3) is 0 Å². The van der Waals surface area contributed by atoms with Crippen LogP contribution in [0.4, 0.5) is 13.2 Å². The normalized spacial score (nSPS) is 27.5. The third kappa shape index (κ3) is 4.29. The molecule has 1 aromatic heterocycles. The smallest absolute Gasteiger partial charge is 0.379 e. The molecule has 4 heterocycles. The van der Waals surface area contributed by atoms with E-state index in [1.807, 2.05) is 0 Å². The highest BCUT2D eigenvalue weighted by Crippen LogP contribution is 2.40. The Hall–Kier alpha value is -0.810. The summed E-state index contributed by atoms with van der Waals surface area (Å²) in [5, 5.41) is 4.09. The second kappa shape index (κ2) is 7.55. The quantitative estimate of drug-likeness (QED) is 0.719. The highest BCUT2D eigenvalue weighted by molar-refractivity contribution is 7.97. The van der Waals surface area contributed by atoms with E-state index < -0.39 is 11.9 Å². The maximum atomic E-state index is 12.8. The number of hydrogen-bond acceptors (Lipinski definition) is 6. The summed E-state index contributed by atoms with van der Waals surface area (Å²) >= 11 is 1.35. The summed E-state index contributed by atoms with van der Waals surface area (Å²) < 4.78 is 53.6. The summed E-state index contributed by atoms with van der Waals surface area (Å²) in [5.41, 5.74) is -0.919. The monoisotopic (exact) mass is 406 g/mol. The molecule has 3 aliphatic rings. The van der Waals surface area contributed by atoms with Crippen LogP contribution in [0.5, 0.6) is 0 Å². The standard InChI is InChI=1S/C17H25F3N4O2S/c1-22-15(10-14(21-22)17(18,19)20)27-24-4-2-16(3-5-24)11-13(12-26-16)23-6-8-25-9-7-23/h10,13H,2-9,11-12H2,1H3. The average Bonchev–Trinajstić information content (AvgIpc) is 3.22. The zero-order valence-corrected chi connectivity index (χ0v) is 16.2. The number of aromatic nitrogens is 2. The minimum Gasteiger partial charge on any atom is -0.379 e. The number of piperidine rings is 1. The molecule has 6 nitrogen and oxygen atoms in total. The Bertz CT molecular complexity index is 655. The predicted octanol–water partition coefficient (Wildman–Crippen LogP) is 2.40. The fourth-order valence-corrected chi connectivity index (χ4v) is 5.09. The van der Waals surface area contributed by atoms with Crippen LogP contribution in [0, 0.1) is 0 Å². The van der Waals surface area contributed by atoms with Gasteiger partial charge in [0.25, 0.3) is 0 Å². The Morgan fingerprint density at radius 2 is 1.89 bits per heavy atom. The van der Waals surface area contributed by atoms with Gasteiger partial charge in [0.15, 0.2) is 5.69 Å². The first-order chi connectivity index (χ1) is 12.8. The van der Waals surface area contributed by atoms with Gasteiger partial charge in [0.05, 0.1) is 25.4 Å². The van der Waals surface area contributed by atoms with E-state index in [1.54, 1.807) is 7.05 Å². The second-order valence-corrected chi connectivity index (χ2v) is 8.63. The molecule has 1 aromatic rings. The van der Waals surface area contributed by atoms with Crippen molar-refractivity contribution < 1.29 is 22.6 Å². The first kappa shape index (κ1) is 19.5. The lowest BCUT2D eigenvalue weighted by Crippen LogP contribution is -2.46. The number of alkyl halides is 3. The molecule has 3 aliphatic heterocycles. The Morgan fingerprint density at radius 3 is 2.52 bits per heavy atom. The van der Waals surface area contributed by atoms with E-state index in [0.29, 0.717) is 11.1 Å². The van der Waals surface area contributed by atoms with Crippen molar-refractivity contribution in [3.05, 3.63) is 11.8 Å². The Balaban J connectivity index is 1.31. The van der Waals surface area contributed by atoms with Gasteiger partial charge in [-0.15, -0.1) is 0 Å². The molecular weight excluding hydrogens is 381 g/mol. The lowest BCUT2D eigenvalue weighted by Gasteiger charge is -2.38. The van der Waals surface area contributed by atoms with E-state index in [9.17, 15) is 13.2 Å². The van der Waals surface area contributed by atoms with Crippen molar-refractivity contribution in [2.24, 2.45) is 7.05 Å². The van der Waals surface area contributed by atoms with Crippen molar-refractivity contribution in [2.75, 3.05) is 46.0 Å². The van der Waals surface area contributed by atoms with Gasteiger partial charge in [0, 0.05) is 45.3 Å². The molecule has 0 radical (unpaired) electrons. The van der Waals surface area contributed by atoms with Crippen molar-refractivity contribution in [3.63, 3.8) is 0 Å². The minimum atomic E-state index is -4.41. The van der Waals surface area contributed by atoms with Crippen molar-refractivity contribution in [2.45, 2.75) is 42.1 Å². The van der Waals surface area contributed by atoms with Crippen molar-refractivity contribution in [1.82, 2.24) is 19.0 Å². The van der Waals surface area contributed by atoms with Gasteiger partial charge in [-0.3, -0.25) is 9.58 Å². The third-order valence-electron chi connectivity index (χ3n) is 5.74. The van der Waals surface area contributed by atoms with Crippen LogP contribution in [-0.2, 0) is 22.7 Å². The molecule has 0 aliphatic carbocycles. The molecule has 0 bridgehead atoms. The van der Waals surface area contributed by atoms with Crippen LogP contribution in [0.15, 0.2) is 11.1 Å². The van der Waals surface area contributed by atoms with Gasteiger partial charge >= 0.3 is 6.18 Å². The van der Waals surface area contributed by atoms with Gasteiger partial charge in [0.2, 0.25) is 0 Å². The molecule has 4 rings (SSSR count). The SMILES string of the molecule is Cn1nc(C(F)(F)F)cc1SN1CCC2(CC1)CC(N1CCOCC1)CO2. The van der Waals surface area contributed by atoms with E-state index in [0.717, 1.165) is 71.3 Å². The molecule has 1 atom stereocenters. The van der Waals surface area contributed by atoms with E-state index in [-0.39, 0.29) is 5.60 Å². The predicted molar refractivity (Wildman–Crippen MR) is 94.4 cm³/mol. The molecule has 0 N–H and O–H groups in total. The molecular formula is C17H25F3N4O2S. The average molecular weight is 406 g/mol. The van der Waals surface area contributed by atoms with Crippen molar-refractivity contribution in [3.8, 4) is 0 Å². The van der Waals surface area contributed by atoms with Crippen LogP contribution in [0.2, 0.25) is 0 Å². The van der Waals surface area contributed by atoms with Crippen LogP contribution < -0.4 is 0 Å². The summed E-state index contributed by atoms with van der Waals surface area (Å²) in [6, 6.07) is 1.58. The van der Waals surface area contributed by atoms with Crippen LogP contribution in [-0.4, -0.2) is 76.6 Å². The van der Waals surface area contributed by atoms with Crippen LogP contribution in [0.3, 0.4) is 0 Å². The summed E-state index contributed by atoms with van der Waals surface area (Å²) in [5.74, 6) is 0. The second-order valence-electron chi connectivity index (χ2n) is 7.51. The number of hydrogen-bond donors (Lipinski definition) is 0. The molecule has 1 spiro atoms. The minimum absolute atomic E-state index is 0.0797. The molecule has 3 fully saturated rings. The van der Waals surface area contributed by atoms with Gasteiger partial charge < -0.3 is 9.47 Å².